The molecule has 1 atom stereocenters. The van der Waals surface area contributed by atoms with Gasteiger partial charge in [0, 0.05) is 11.8 Å². The second kappa shape index (κ2) is 7.19. The molecule has 4 nitrogen and oxygen atoms in total. The maximum atomic E-state index is 13.7. The normalized spacial score (nSPS) is 12.1. The minimum atomic E-state index is -0.341. The molecule has 0 bridgehead atoms. The van der Waals surface area contributed by atoms with E-state index in [4.69, 9.17) is 4.74 Å². The molecule has 1 heterocycles. The number of hydrogen-bond donors (Lipinski definition) is 0. The molecular formula is C19H17FN2O2. The summed E-state index contributed by atoms with van der Waals surface area (Å²) in [7, 11) is 0. The van der Waals surface area contributed by atoms with Crippen LogP contribution in [0.15, 0.2) is 60.8 Å². The molecule has 2 aromatic carbocycles. The largest absolute Gasteiger partial charge is 0.369 e. The molecule has 0 saturated heterocycles. The first-order chi connectivity index (χ1) is 11.7. The van der Waals surface area contributed by atoms with Crippen LogP contribution in [0.4, 0.5) is 4.39 Å². The van der Waals surface area contributed by atoms with Crippen LogP contribution in [0.25, 0.3) is 5.69 Å². The monoisotopic (exact) mass is 324 g/mol. The van der Waals surface area contributed by atoms with Crippen LogP contribution in [0.1, 0.15) is 34.6 Å². The highest BCUT2D eigenvalue weighted by molar-refractivity contribution is 5.71. The number of hydrogen-bond acceptors (Lipinski definition) is 3. The van der Waals surface area contributed by atoms with Gasteiger partial charge in [-0.3, -0.25) is 4.79 Å². The van der Waals surface area contributed by atoms with Gasteiger partial charge >= 0.3 is 0 Å². The van der Waals surface area contributed by atoms with E-state index in [-0.39, 0.29) is 11.9 Å². The van der Waals surface area contributed by atoms with E-state index in [0.29, 0.717) is 29.8 Å². The van der Waals surface area contributed by atoms with E-state index in [0.717, 1.165) is 5.56 Å². The molecule has 1 unspecified atom stereocenters. The number of aldehydes is 1. The average molecular weight is 324 g/mol. The van der Waals surface area contributed by atoms with E-state index >= 15 is 0 Å². The quantitative estimate of drug-likeness (QED) is 0.641. The summed E-state index contributed by atoms with van der Waals surface area (Å²) in [6, 6.07) is 15.8. The van der Waals surface area contributed by atoms with Gasteiger partial charge < -0.3 is 4.74 Å². The van der Waals surface area contributed by atoms with Gasteiger partial charge in [-0.25, -0.2) is 9.07 Å². The summed E-state index contributed by atoms with van der Waals surface area (Å²) >= 11 is 0. The van der Waals surface area contributed by atoms with Gasteiger partial charge in [0.05, 0.1) is 18.4 Å². The lowest BCUT2D eigenvalue weighted by atomic mass is 10.1. The first-order valence-electron chi connectivity index (χ1n) is 7.63. The highest BCUT2D eigenvalue weighted by atomic mass is 19.1. The maximum Gasteiger partial charge on any atom is 0.170 e. The van der Waals surface area contributed by atoms with Gasteiger partial charge in [-0.05, 0) is 36.8 Å². The Kier molecular flexibility index (Phi) is 4.82. The number of ether oxygens (including phenoxy) is 1. The van der Waals surface area contributed by atoms with Gasteiger partial charge in [0.1, 0.15) is 11.5 Å². The zero-order chi connectivity index (χ0) is 16.9. The van der Waals surface area contributed by atoms with E-state index < -0.39 is 0 Å². The summed E-state index contributed by atoms with van der Waals surface area (Å²) in [5.41, 5.74) is 2.73. The molecule has 0 amide bonds. The number of aromatic nitrogens is 2. The van der Waals surface area contributed by atoms with Crippen LogP contribution in [0.2, 0.25) is 0 Å². The van der Waals surface area contributed by atoms with Crippen molar-refractivity contribution in [2.45, 2.75) is 19.6 Å². The van der Waals surface area contributed by atoms with Gasteiger partial charge in [-0.2, -0.15) is 5.10 Å². The summed E-state index contributed by atoms with van der Waals surface area (Å²) in [6.07, 6.45) is 2.01. The lowest BCUT2D eigenvalue weighted by molar-refractivity contribution is 0.0523. The summed E-state index contributed by atoms with van der Waals surface area (Å²) < 4.78 is 21.2. The van der Waals surface area contributed by atoms with Crippen LogP contribution >= 0.6 is 0 Å². The van der Waals surface area contributed by atoms with Crippen molar-refractivity contribution < 1.29 is 13.9 Å². The maximum absolute atomic E-state index is 13.7. The van der Waals surface area contributed by atoms with E-state index in [9.17, 15) is 9.18 Å². The molecule has 0 saturated carbocycles. The minimum Gasteiger partial charge on any atom is -0.369 e. The molecule has 24 heavy (non-hydrogen) atoms. The summed E-state index contributed by atoms with van der Waals surface area (Å²) in [6.45, 7) is 2.29. The molecule has 5 heteroatoms. The van der Waals surface area contributed by atoms with Gasteiger partial charge in [0.15, 0.2) is 6.29 Å². The highest BCUT2D eigenvalue weighted by Gasteiger charge is 2.15. The van der Waals surface area contributed by atoms with Crippen molar-refractivity contribution in [3.05, 3.63) is 83.4 Å². The fourth-order valence-corrected chi connectivity index (χ4v) is 2.48. The van der Waals surface area contributed by atoms with Crippen molar-refractivity contribution in [3.63, 3.8) is 0 Å². The first-order valence-corrected chi connectivity index (χ1v) is 7.63. The van der Waals surface area contributed by atoms with Gasteiger partial charge in [0.2, 0.25) is 0 Å². The lowest BCUT2D eigenvalue weighted by Gasteiger charge is -2.17. The molecule has 0 aliphatic heterocycles. The number of carbonyl (C=O) groups is 1. The Labute approximate surface area is 139 Å². The van der Waals surface area contributed by atoms with Crippen molar-refractivity contribution in [3.8, 4) is 5.69 Å². The lowest BCUT2D eigenvalue weighted by Crippen LogP contribution is -2.07. The number of nitrogens with zero attached hydrogens (tertiary/aromatic N) is 2. The third kappa shape index (κ3) is 3.58. The number of halogens is 1. The zero-order valence-electron chi connectivity index (χ0n) is 13.2. The molecule has 3 aromatic rings. The fourth-order valence-electron chi connectivity index (χ4n) is 2.48. The van der Waals surface area contributed by atoms with Crippen LogP contribution in [0.5, 0.6) is 0 Å². The van der Waals surface area contributed by atoms with Gasteiger partial charge in [-0.1, -0.05) is 30.3 Å². The van der Waals surface area contributed by atoms with Gasteiger partial charge in [-0.15, -0.1) is 0 Å². The van der Waals surface area contributed by atoms with E-state index in [2.05, 4.69) is 5.10 Å². The number of rotatable bonds is 6. The smallest absolute Gasteiger partial charge is 0.170 e. The summed E-state index contributed by atoms with van der Waals surface area (Å²) in [5.74, 6) is -0.341. The first kappa shape index (κ1) is 16.1. The minimum absolute atomic E-state index is 0.322. The fraction of sp³-hybridized carbons (Fsp3) is 0.158. The Bertz CT molecular complexity index is 830. The van der Waals surface area contributed by atoms with E-state index in [1.54, 1.807) is 23.0 Å². The van der Waals surface area contributed by atoms with Crippen molar-refractivity contribution in [1.82, 2.24) is 9.78 Å². The summed E-state index contributed by atoms with van der Waals surface area (Å²) in [4.78, 5) is 10.8. The second-order valence-electron chi connectivity index (χ2n) is 5.44. The topological polar surface area (TPSA) is 44.1 Å². The molecule has 0 fully saturated rings. The predicted octanol–water partition coefficient (Wildman–Crippen LogP) is 4.10. The van der Waals surface area contributed by atoms with Crippen molar-refractivity contribution in [1.29, 1.82) is 0 Å². The summed E-state index contributed by atoms with van der Waals surface area (Å²) in [5, 5.41) is 4.16. The Hall–Kier alpha value is -2.79. The third-order valence-corrected chi connectivity index (χ3v) is 3.75. The molecule has 122 valence electrons. The molecule has 0 aliphatic rings. The average Bonchev–Trinajstić information content (AvgIpc) is 3.09. The Morgan fingerprint density at radius 3 is 2.71 bits per heavy atom. The van der Waals surface area contributed by atoms with Gasteiger partial charge in [0.25, 0.3) is 0 Å². The van der Waals surface area contributed by atoms with Crippen LogP contribution in [0, 0.1) is 5.82 Å². The van der Waals surface area contributed by atoms with Crippen LogP contribution < -0.4 is 0 Å². The van der Waals surface area contributed by atoms with Crippen molar-refractivity contribution >= 4 is 6.29 Å². The molecule has 1 aromatic heterocycles. The van der Waals surface area contributed by atoms with Crippen LogP contribution in [-0.2, 0) is 11.3 Å². The van der Waals surface area contributed by atoms with Crippen molar-refractivity contribution in [2.24, 2.45) is 0 Å². The van der Waals surface area contributed by atoms with Crippen LogP contribution in [0.3, 0.4) is 0 Å². The Morgan fingerprint density at radius 2 is 2.00 bits per heavy atom. The second-order valence-corrected chi connectivity index (χ2v) is 5.44. The predicted molar refractivity (Wildman–Crippen MR) is 88.6 cm³/mol. The molecular weight excluding hydrogens is 307 g/mol. The zero-order valence-corrected chi connectivity index (χ0v) is 13.2. The molecule has 0 aliphatic carbocycles. The number of carbonyl (C=O) groups excluding carboxylic acids is 1. The number of benzene rings is 2. The Morgan fingerprint density at radius 1 is 1.21 bits per heavy atom. The molecule has 3 rings (SSSR count). The standard InChI is InChI=1S/C19H17FN2O2/c1-14(24-13-15-5-3-2-4-6-15)18-11-16(20)7-8-19(18)22-10-9-17(12-23)21-22/h2-12,14H,13H2,1H3. The third-order valence-electron chi connectivity index (χ3n) is 3.75. The highest BCUT2D eigenvalue weighted by Crippen LogP contribution is 2.26. The molecule has 0 radical (unpaired) electrons. The molecule has 0 spiro atoms. The van der Waals surface area contributed by atoms with E-state index in [1.165, 1.54) is 12.1 Å². The van der Waals surface area contributed by atoms with Crippen molar-refractivity contribution in [2.75, 3.05) is 0 Å². The molecule has 0 N–H and O–H groups in total. The Balaban J connectivity index is 1.85. The van der Waals surface area contributed by atoms with Crippen LogP contribution in [-0.4, -0.2) is 16.1 Å². The SMILES string of the molecule is CC(OCc1ccccc1)c1cc(F)ccc1-n1ccc(C=O)n1. The van der Waals surface area contributed by atoms with E-state index in [1.807, 2.05) is 37.3 Å².